The van der Waals surface area contributed by atoms with E-state index in [9.17, 15) is 8.78 Å². The van der Waals surface area contributed by atoms with E-state index in [1.54, 1.807) is 23.9 Å². The minimum Gasteiger partial charge on any atom is -0.252 e. The molecule has 0 aliphatic carbocycles. The van der Waals surface area contributed by atoms with Gasteiger partial charge in [0.05, 0.1) is 6.20 Å². The lowest BCUT2D eigenvalue weighted by atomic mass is 10.0. The highest BCUT2D eigenvalue weighted by atomic mass is 19.2. The molecular formula is C16H21F2N3. The maximum atomic E-state index is 13.5. The Bertz CT molecular complexity index is 584. The minimum atomic E-state index is -0.850. The molecule has 21 heavy (non-hydrogen) atoms. The Morgan fingerprint density at radius 3 is 2.62 bits per heavy atom. The van der Waals surface area contributed by atoms with Crippen molar-refractivity contribution in [2.24, 2.45) is 5.92 Å². The van der Waals surface area contributed by atoms with Gasteiger partial charge >= 0.3 is 0 Å². The van der Waals surface area contributed by atoms with E-state index in [0.717, 1.165) is 25.8 Å². The summed E-state index contributed by atoms with van der Waals surface area (Å²) < 4.78 is 28.6. The van der Waals surface area contributed by atoms with Crippen LogP contribution in [0.3, 0.4) is 0 Å². The smallest absolute Gasteiger partial charge is 0.161 e. The molecular weight excluding hydrogens is 272 g/mol. The molecule has 0 spiro atoms. The van der Waals surface area contributed by atoms with Gasteiger partial charge in [0.1, 0.15) is 5.69 Å². The molecule has 114 valence electrons. The van der Waals surface area contributed by atoms with Gasteiger partial charge in [-0.05, 0) is 37.0 Å². The molecule has 1 aromatic heterocycles. The van der Waals surface area contributed by atoms with Crippen molar-refractivity contribution < 1.29 is 8.78 Å². The molecule has 1 unspecified atom stereocenters. The van der Waals surface area contributed by atoms with Gasteiger partial charge in [0.2, 0.25) is 0 Å². The topological polar surface area (TPSA) is 30.7 Å². The number of aryl methyl sites for hydroxylation is 1. The second-order valence-corrected chi connectivity index (χ2v) is 5.48. The Labute approximate surface area is 124 Å². The van der Waals surface area contributed by atoms with Crippen LogP contribution in [-0.4, -0.2) is 15.0 Å². The maximum absolute atomic E-state index is 13.5. The van der Waals surface area contributed by atoms with Crippen LogP contribution in [0, 0.1) is 24.5 Å². The molecule has 0 bridgehead atoms. The molecule has 0 fully saturated rings. The van der Waals surface area contributed by atoms with Crippen molar-refractivity contribution in [2.45, 2.75) is 46.6 Å². The Hall–Kier alpha value is -1.78. The normalized spacial score (nSPS) is 12.6. The van der Waals surface area contributed by atoms with Crippen LogP contribution >= 0.6 is 0 Å². The predicted molar refractivity (Wildman–Crippen MR) is 78.8 cm³/mol. The maximum Gasteiger partial charge on any atom is 0.161 e. The molecule has 1 heterocycles. The first-order valence-electron chi connectivity index (χ1n) is 7.41. The van der Waals surface area contributed by atoms with Crippen molar-refractivity contribution in [1.82, 2.24) is 15.0 Å². The number of nitrogens with zero attached hydrogens (tertiary/aromatic N) is 3. The number of aromatic nitrogens is 3. The largest absolute Gasteiger partial charge is 0.252 e. The zero-order chi connectivity index (χ0) is 15.4. The van der Waals surface area contributed by atoms with Crippen LogP contribution in [0.4, 0.5) is 8.78 Å². The van der Waals surface area contributed by atoms with E-state index in [2.05, 4.69) is 24.2 Å². The molecule has 0 aliphatic rings. The van der Waals surface area contributed by atoms with Crippen molar-refractivity contribution in [3.05, 3.63) is 35.5 Å². The quantitative estimate of drug-likeness (QED) is 0.792. The summed E-state index contributed by atoms with van der Waals surface area (Å²) in [6.07, 6.45) is 5.18. The van der Waals surface area contributed by atoms with Gasteiger partial charge in [-0.3, -0.25) is 4.68 Å². The molecule has 5 heteroatoms. The summed E-state index contributed by atoms with van der Waals surface area (Å²) in [5.41, 5.74) is 1.40. The van der Waals surface area contributed by atoms with E-state index in [4.69, 9.17) is 0 Å². The van der Waals surface area contributed by atoms with Crippen molar-refractivity contribution in [3.8, 4) is 11.3 Å². The third-order valence-corrected chi connectivity index (χ3v) is 3.76. The van der Waals surface area contributed by atoms with E-state index >= 15 is 0 Å². The molecule has 2 rings (SSSR count). The van der Waals surface area contributed by atoms with E-state index in [-0.39, 0.29) is 5.56 Å². The van der Waals surface area contributed by atoms with Gasteiger partial charge in [0, 0.05) is 12.1 Å². The highest BCUT2D eigenvalue weighted by Crippen LogP contribution is 2.22. The second kappa shape index (κ2) is 6.78. The fraction of sp³-hybridized carbons (Fsp3) is 0.500. The van der Waals surface area contributed by atoms with Crippen molar-refractivity contribution >= 4 is 0 Å². The molecule has 0 saturated heterocycles. The van der Waals surface area contributed by atoms with Crippen LogP contribution in [0.5, 0.6) is 0 Å². The molecule has 0 radical (unpaired) electrons. The summed E-state index contributed by atoms with van der Waals surface area (Å²) in [6.45, 7) is 6.68. The van der Waals surface area contributed by atoms with E-state index in [1.165, 1.54) is 6.07 Å². The summed E-state index contributed by atoms with van der Waals surface area (Å²) in [5.74, 6) is -1.09. The van der Waals surface area contributed by atoms with Crippen LogP contribution in [0.1, 0.15) is 38.7 Å². The zero-order valence-corrected chi connectivity index (χ0v) is 12.7. The fourth-order valence-electron chi connectivity index (χ4n) is 2.49. The molecule has 0 amide bonds. The Morgan fingerprint density at radius 2 is 2.00 bits per heavy atom. The van der Waals surface area contributed by atoms with Gasteiger partial charge < -0.3 is 0 Å². The molecule has 1 atom stereocenters. The van der Waals surface area contributed by atoms with E-state index in [1.807, 2.05) is 0 Å². The summed E-state index contributed by atoms with van der Waals surface area (Å²) in [5, 5.41) is 8.16. The average molecular weight is 293 g/mol. The van der Waals surface area contributed by atoms with Crippen LogP contribution < -0.4 is 0 Å². The van der Waals surface area contributed by atoms with Gasteiger partial charge in [-0.2, -0.15) is 0 Å². The number of hydrogen-bond acceptors (Lipinski definition) is 2. The van der Waals surface area contributed by atoms with Gasteiger partial charge in [-0.25, -0.2) is 8.78 Å². The molecule has 0 saturated carbocycles. The van der Waals surface area contributed by atoms with Crippen LogP contribution in [0.15, 0.2) is 18.3 Å². The van der Waals surface area contributed by atoms with Crippen LogP contribution in [0.2, 0.25) is 0 Å². The van der Waals surface area contributed by atoms with Gasteiger partial charge in [0.25, 0.3) is 0 Å². The fourth-order valence-corrected chi connectivity index (χ4v) is 2.49. The van der Waals surface area contributed by atoms with Crippen LogP contribution in [0.25, 0.3) is 11.3 Å². The molecule has 3 nitrogen and oxygen atoms in total. The highest BCUT2D eigenvalue weighted by molar-refractivity contribution is 5.59. The lowest BCUT2D eigenvalue weighted by Gasteiger charge is -2.12. The Balaban J connectivity index is 2.20. The molecule has 1 aromatic carbocycles. The lowest BCUT2D eigenvalue weighted by molar-refractivity contribution is 0.374. The zero-order valence-electron chi connectivity index (χ0n) is 12.7. The summed E-state index contributed by atoms with van der Waals surface area (Å²) in [4.78, 5) is 0. The molecule has 2 aromatic rings. The van der Waals surface area contributed by atoms with E-state index < -0.39 is 11.6 Å². The summed E-state index contributed by atoms with van der Waals surface area (Å²) >= 11 is 0. The first-order chi connectivity index (χ1) is 10.0. The first-order valence-corrected chi connectivity index (χ1v) is 7.41. The Morgan fingerprint density at radius 1 is 1.24 bits per heavy atom. The molecule has 0 aliphatic heterocycles. The van der Waals surface area contributed by atoms with Gasteiger partial charge in [-0.1, -0.05) is 31.9 Å². The summed E-state index contributed by atoms with van der Waals surface area (Å²) in [7, 11) is 0. The first kappa shape index (κ1) is 15.6. The average Bonchev–Trinajstić information content (AvgIpc) is 2.92. The van der Waals surface area contributed by atoms with Crippen LogP contribution in [-0.2, 0) is 6.54 Å². The minimum absolute atomic E-state index is 0.275. The third kappa shape index (κ3) is 3.65. The SMILES string of the molecule is CCCC(CC)Cn1cc(-c2cc(C)c(F)c(F)c2)nn1. The van der Waals surface area contributed by atoms with Crippen molar-refractivity contribution in [2.75, 3.05) is 0 Å². The monoisotopic (exact) mass is 293 g/mol. The number of benzene rings is 1. The highest BCUT2D eigenvalue weighted by Gasteiger charge is 2.13. The van der Waals surface area contributed by atoms with Gasteiger partial charge in [-0.15, -0.1) is 5.10 Å². The lowest BCUT2D eigenvalue weighted by Crippen LogP contribution is -2.10. The number of rotatable bonds is 6. The second-order valence-electron chi connectivity index (χ2n) is 5.48. The number of halogens is 2. The third-order valence-electron chi connectivity index (χ3n) is 3.76. The Kier molecular flexibility index (Phi) is 5.04. The van der Waals surface area contributed by atoms with E-state index in [0.29, 0.717) is 17.2 Å². The predicted octanol–water partition coefficient (Wildman–Crippen LogP) is 4.36. The molecule has 0 N–H and O–H groups in total. The standard InChI is InChI=1S/C16H21F2N3/c1-4-6-12(5-2)9-21-10-15(19-20-21)13-7-11(3)16(18)14(17)8-13/h7-8,10,12H,4-6,9H2,1-3H3. The van der Waals surface area contributed by atoms with Crippen molar-refractivity contribution in [1.29, 1.82) is 0 Å². The number of hydrogen-bond donors (Lipinski definition) is 0. The van der Waals surface area contributed by atoms with Crippen molar-refractivity contribution in [3.63, 3.8) is 0 Å². The summed E-state index contributed by atoms with van der Waals surface area (Å²) in [6, 6.07) is 2.76. The van der Waals surface area contributed by atoms with Gasteiger partial charge in [0.15, 0.2) is 11.6 Å².